The van der Waals surface area contributed by atoms with Crippen molar-refractivity contribution in [2.75, 3.05) is 32.7 Å². The van der Waals surface area contributed by atoms with Crippen LogP contribution in [0.1, 0.15) is 43.5 Å². The molecule has 1 saturated heterocycles. The predicted molar refractivity (Wildman–Crippen MR) is 113 cm³/mol. The summed E-state index contributed by atoms with van der Waals surface area (Å²) < 4.78 is 5.47. The summed E-state index contributed by atoms with van der Waals surface area (Å²) in [6.07, 6.45) is 0. The zero-order chi connectivity index (χ0) is 20.1. The SMILES string of the molecule is Cc1cccc(C(c2ccccc2)N2CCN(CC(=O)OC(C)(C)C)CC2)c1. The van der Waals surface area contributed by atoms with Crippen LogP contribution in [0.4, 0.5) is 0 Å². The third kappa shape index (κ3) is 5.66. The number of aryl methyl sites for hydroxylation is 1. The first kappa shape index (κ1) is 20.6. The van der Waals surface area contributed by atoms with Gasteiger partial charge in [0.1, 0.15) is 5.60 Å². The first-order valence-corrected chi connectivity index (χ1v) is 10.1. The summed E-state index contributed by atoms with van der Waals surface area (Å²) in [6, 6.07) is 19.7. The fourth-order valence-electron chi connectivity index (χ4n) is 3.83. The Balaban J connectivity index is 1.69. The number of esters is 1. The molecule has 0 aliphatic carbocycles. The maximum Gasteiger partial charge on any atom is 0.320 e. The molecule has 0 saturated carbocycles. The van der Waals surface area contributed by atoms with E-state index >= 15 is 0 Å². The summed E-state index contributed by atoms with van der Waals surface area (Å²) in [5.41, 5.74) is 3.49. The minimum Gasteiger partial charge on any atom is -0.459 e. The van der Waals surface area contributed by atoms with E-state index in [4.69, 9.17) is 4.74 Å². The fraction of sp³-hybridized carbons (Fsp3) is 0.458. The van der Waals surface area contributed by atoms with Crippen molar-refractivity contribution in [3.05, 3.63) is 71.3 Å². The smallest absolute Gasteiger partial charge is 0.320 e. The molecule has 0 amide bonds. The molecule has 0 spiro atoms. The molecule has 3 rings (SSSR count). The van der Waals surface area contributed by atoms with Crippen molar-refractivity contribution >= 4 is 5.97 Å². The molecule has 0 aromatic heterocycles. The van der Waals surface area contributed by atoms with Crippen molar-refractivity contribution in [2.24, 2.45) is 0 Å². The van der Waals surface area contributed by atoms with E-state index in [1.807, 2.05) is 20.8 Å². The molecule has 1 aliphatic rings. The van der Waals surface area contributed by atoms with E-state index in [1.165, 1.54) is 16.7 Å². The molecule has 1 aliphatic heterocycles. The number of hydrogen-bond donors (Lipinski definition) is 0. The number of hydrogen-bond acceptors (Lipinski definition) is 4. The van der Waals surface area contributed by atoms with Crippen molar-refractivity contribution in [1.29, 1.82) is 0 Å². The maximum absolute atomic E-state index is 12.1. The van der Waals surface area contributed by atoms with Crippen LogP contribution >= 0.6 is 0 Å². The first-order chi connectivity index (χ1) is 13.3. The molecule has 0 bridgehead atoms. The Kier molecular flexibility index (Phi) is 6.53. The highest BCUT2D eigenvalue weighted by atomic mass is 16.6. The van der Waals surface area contributed by atoms with Gasteiger partial charge < -0.3 is 4.74 Å². The third-order valence-electron chi connectivity index (χ3n) is 5.02. The lowest BCUT2D eigenvalue weighted by molar-refractivity contribution is -0.156. The van der Waals surface area contributed by atoms with Gasteiger partial charge >= 0.3 is 5.97 Å². The highest BCUT2D eigenvalue weighted by molar-refractivity contribution is 5.72. The van der Waals surface area contributed by atoms with Crippen LogP contribution in [-0.4, -0.2) is 54.1 Å². The van der Waals surface area contributed by atoms with Crippen molar-refractivity contribution in [1.82, 2.24) is 9.80 Å². The van der Waals surface area contributed by atoms with Crippen molar-refractivity contribution in [3.8, 4) is 0 Å². The molecular formula is C24H32N2O2. The van der Waals surface area contributed by atoms with Crippen LogP contribution in [0.3, 0.4) is 0 Å². The Morgan fingerprint density at radius 3 is 2.21 bits per heavy atom. The zero-order valence-electron chi connectivity index (χ0n) is 17.5. The molecular weight excluding hydrogens is 348 g/mol. The van der Waals surface area contributed by atoms with Gasteiger partial charge in [-0.2, -0.15) is 0 Å². The Bertz CT molecular complexity index is 775. The number of benzene rings is 2. The van der Waals surface area contributed by atoms with E-state index in [-0.39, 0.29) is 12.0 Å². The molecule has 2 aromatic carbocycles. The molecule has 4 heteroatoms. The number of ether oxygens (including phenoxy) is 1. The van der Waals surface area contributed by atoms with Gasteiger partial charge in [-0.3, -0.25) is 14.6 Å². The fourth-order valence-corrected chi connectivity index (χ4v) is 3.83. The van der Waals surface area contributed by atoms with Gasteiger partial charge in [-0.1, -0.05) is 60.2 Å². The number of rotatable bonds is 5. The summed E-state index contributed by atoms with van der Waals surface area (Å²) in [6.45, 7) is 11.8. The number of piperazine rings is 1. The van der Waals surface area contributed by atoms with Gasteiger partial charge in [0, 0.05) is 26.2 Å². The quantitative estimate of drug-likeness (QED) is 0.733. The molecule has 1 atom stereocenters. The summed E-state index contributed by atoms with van der Waals surface area (Å²) in [7, 11) is 0. The third-order valence-corrected chi connectivity index (χ3v) is 5.02. The van der Waals surface area contributed by atoms with Crippen LogP contribution in [-0.2, 0) is 9.53 Å². The minimum atomic E-state index is -0.428. The lowest BCUT2D eigenvalue weighted by Crippen LogP contribution is -2.49. The van der Waals surface area contributed by atoms with E-state index in [9.17, 15) is 4.79 Å². The predicted octanol–water partition coefficient (Wildman–Crippen LogP) is 4.04. The molecule has 0 N–H and O–H groups in total. The monoisotopic (exact) mass is 380 g/mol. The van der Waals surface area contributed by atoms with E-state index in [1.54, 1.807) is 0 Å². The van der Waals surface area contributed by atoms with E-state index in [0.29, 0.717) is 6.54 Å². The molecule has 28 heavy (non-hydrogen) atoms. The highest BCUT2D eigenvalue weighted by Gasteiger charge is 2.28. The lowest BCUT2D eigenvalue weighted by Gasteiger charge is -2.39. The topological polar surface area (TPSA) is 32.8 Å². The molecule has 150 valence electrons. The molecule has 1 fully saturated rings. The van der Waals surface area contributed by atoms with E-state index < -0.39 is 5.60 Å². The van der Waals surface area contributed by atoms with Gasteiger partial charge in [0.15, 0.2) is 0 Å². The van der Waals surface area contributed by atoms with Crippen LogP contribution in [0.25, 0.3) is 0 Å². The van der Waals surface area contributed by atoms with Gasteiger partial charge in [-0.25, -0.2) is 0 Å². The molecule has 0 radical (unpaired) electrons. The van der Waals surface area contributed by atoms with Gasteiger partial charge in [0.25, 0.3) is 0 Å². The molecule has 1 heterocycles. The number of carbonyl (C=O) groups excluding carboxylic acids is 1. The van der Waals surface area contributed by atoms with Crippen LogP contribution in [0, 0.1) is 6.92 Å². The Labute approximate surface area is 169 Å². The number of carbonyl (C=O) groups is 1. The Morgan fingerprint density at radius 1 is 0.964 bits per heavy atom. The Hall–Kier alpha value is -2.17. The van der Waals surface area contributed by atoms with Crippen molar-refractivity contribution in [3.63, 3.8) is 0 Å². The van der Waals surface area contributed by atoms with Crippen molar-refractivity contribution < 1.29 is 9.53 Å². The molecule has 4 nitrogen and oxygen atoms in total. The minimum absolute atomic E-state index is 0.140. The van der Waals surface area contributed by atoms with Gasteiger partial charge in [-0.05, 0) is 38.8 Å². The van der Waals surface area contributed by atoms with Crippen LogP contribution in [0.5, 0.6) is 0 Å². The van der Waals surface area contributed by atoms with E-state index in [0.717, 1.165) is 26.2 Å². The molecule has 1 unspecified atom stereocenters. The van der Waals surface area contributed by atoms with Crippen molar-refractivity contribution in [2.45, 2.75) is 39.3 Å². The van der Waals surface area contributed by atoms with Gasteiger partial charge in [0.05, 0.1) is 12.6 Å². The number of nitrogens with zero attached hydrogens (tertiary/aromatic N) is 2. The average molecular weight is 381 g/mol. The van der Waals surface area contributed by atoms with Crippen LogP contribution in [0.2, 0.25) is 0 Å². The van der Waals surface area contributed by atoms with Gasteiger partial charge in [0.2, 0.25) is 0 Å². The second-order valence-corrected chi connectivity index (χ2v) is 8.63. The zero-order valence-corrected chi connectivity index (χ0v) is 17.5. The largest absolute Gasteiger partial charge is 0.459 e. The van der Waals surface area contributed by atoms with Crippen LogP contribution in [0.15, 0.2) is 54.6 Å². The molecule has 2 aromatic rings. The average Bonchev–Trinajstić information content (AvgIpc) is 2.63. The van der Waals surface area contributed by atoms with Gasteiger partial charge in [-0.15, -0.1) is 0 Å². The first-order valence-electron chi connectivity index (χ1n) is 10.1. The van der Waals surface area contributed by atoms with E-state index in [2.05, 4.69) is 71.3 Å². The summed E-state index contributed by atoms with van der Waals surface area (Å²) >= 11 is 0. The standard InChI is InChI=1S/C24H32N2O2/c1-19-9-8-12-21(17-19)23(20-10-6-5-7-11-20)26-15-13-25(14-16-26)18-22(27)28-24(2,3)4/h5-12,17,23H,13-16,18H2,1-4H3. The summed E-state index contributed by atoms with van der Waals surface area (Å²) in [5, 5.41) is 0. The Morgan fingerprint density at radius 2 is 1.61 bits per heavy atom. The lowest BCUT2D eigenvalue weighted by atomic mass is 9.95. The second-order valence-electron chi connectivity index (χ2n) is 8.63. The normalized spacial score (nSPS) is 17.3. The van der Waals surface area contributed by atoms with Crippen LogP contribution < -0.4 is 0 Å². The second kappa shape index (κ2) is 8.89. The summed E-state index contributed by atoms with van der Waals surface area (Å²) in [5.74, 6) is -0.140. The summed E-state index contributed by atoms with van der Waals surface area (Å²) in [4.78, 5) is 16.9. The maximum atomic E-state index is 12.1. The highest BCUT2D eigenvalue weighted by Crippen LogP contribution is 2.30.